The normalized spacial score (nSPS) is 17.3. The number of hydrogen-bond acceptors (Lipinski definition) is 4. The number of halogens is 1. The number of pyridine rings is 1. The molecule has 0 radical (unpaired) electrons. The fraction of sp³-hybridized carbons (Fsp3) is 0.200. The highest BCUT2D eigenvalue weighted by atomic mass is 19.1. The van der Waals surface area contributed by atoms with Crippen LogP contribution in [0.25, 0.3) is 16.5 Å². The quantitative estimate of drug-likeness (QED) is 0.328. The van der Waals surface area contributed by atoms with Crippen LogP contribution in [-0.4, -0.2) is 46.7 Å². The van der Waals surface area contributed by atoms with Gasteiger partial charge in [0.25, 0.3) is 0 Å². The lowest BCUT2D eigenvalue weighted by molar-refractivity contribution is -0.109. The lowest BCUT2D eigenvalue weighted by Gasteiger charge is -2.46. The van der Waals surface area contributed by atoms with Crippen molar-refractivity contribution in [1.29, 1.82) is 0 Å². The van der Waals surface area contributed by atoms with Crippen LogP contribution in [0, 0.1) is 5.82 Å². The predicted octanol–water partition coefficient (Wildman–Crippen LogP) is 5.71. The summed E-state index contributed by atoms with van der Waals surface area (Å²) in [6.07, 6.45) is 5.10. The van der Waals surface area contributed by atoms with Crippen LogP contribution in [0.5, 0.6) is 0 Å². The van der Waals surface area contributed by atoms with Gasteiger partial charge in [-0.05, 0) is 28.6 Å². The van der Waals surface area contributed by atoms with Crippen LogP contribution in [0.4, 0.5) is 4.39 Å². The summed E-state index contributed by atoms with van der Waals surface area (Å²) in [6, 6.07) is 24.9. The zero-order valence-electron chi connectivity index (χ0n) is 19.6. The number of aldehydes is 1. The molecule has 0 saturated carbocycles. The Balaban J connectivity index is 1.47. The molecule has 4 nitrogen and oxygen atoms in total. The number of benzene rings is 3. The second-order valence-electron chi connectivity index (χ2n) is 8.96. The molecule has 1 aliphatic rings. The molecule has 35 heavy (non-hydrogen) atoms. The van der Waals surface area contributed by atoms with Crippen molar-refractivity contribution in [2.45, 2.75) is 18.5 Å². The molecular formula is C30H28FN3O. The molecule has 176 valence electrons. The van der Waals surface area contributed by atoms with Crippen molar-refractivity contribution >= 4 is 22.8 Å². The van der Waals surface area contributed by atoms with Crippen LogP contribution in [0.15, 0.2) is 97.8 Å². The summed E-state index contributed by atoms with van der Waals surface area (Å²) in [5, 5.41) is 2.19. The molecule has 5 heteroatoms. The molecule has 0 spiro atoms. The zero-order chi connectivity index (χ0) is 24.2. The molecule has 1 unspecified atom stereocenters. The van der Waals surface area contributed by atoms with Gasteiger partial charge in [-0.15, -0.1) is 0 Å². The van der Waals surface area contributed by atoms with E-state index < -0.39 is 0 Å². The van der Waals surface area contributed by atoms with Crippen molar-refractivity contribution in [2.24, 2.45) is 0 Å². The number of aromatic nitrogens is 1. The number of piperazine rings is 1. The first-order valence-corrected chi connectivity index (χ1v) is 11.9. The van der Waals surface area contributed by atoms with E-state index in [1.54, 1.807) is 12.1 Å². The highest BCUT2D eigenvalue weighted by Crippen LogP contribution is 2.35. The molecule has 1 fully saturated rings. The molecule has 2 heterocycles. The Hall–Kier alpha value is -3.83. The Kier molecular flexibility index (Phi) is 6.68. The lowest BCUT2D eigenvalue weighted by atomic mass is 9.93. The number of carbonyl (C=O) groups is 1. The summed E-state index contributed by atoms with van der Waals surface area (Å²) in [4.78, 5) is 20.8. The largest absolute Gasteiger partial charge is 0.369 e. The first-order valence-electron chi connectivity index (χ1n) is 11.9. The van der Waals surface area contributed by atoms with E-state index in [1.165, 1.54) is 6.07 Å². The molecule has 2 atom stereocenters. The summed E-state index contributed by atoms with van der Waals surface area (Å²) in [7, 11) is 0. The Morgan fingerprint density at radius 2 is 1.77 bits per heavy atom. The fourth-order valence-corrected chi connectivity index (χ4v) is 5.18. The first-order chi connectivity index (χ1) is 17.2. The van der Waals surface area contributed by atoms with Gasteiger partial charge in [-0.25, -0.2) is 4.39 Å². The van der Waals surface area contributed by atoms with Gasteiger partial charge in [0, 0.05) is 61.1 Å². The second-order valence-corrected chi connectivity index (χ2v) is 8.96. The van der Waals surface area contributed by atoms with Crippen LogP contribution in [0.3, 0.4) is 0 Å². The van der Waals surface area contributed by atoms with Crippen molar-refractivity contribution in [3.8, 4) is 0 Å². The summed E-state index contributed by atoms with van der Waals surface area (Å²) in [6.45, 7) is 6.53. The van der Waals surface area contributed by atoms with E-state index in [2.05, 4.69) is 45.6 Å². The molecule has 1 saturated heterocycles. The maximum absolute atomic E-state index is 14.2. The maximum Gasteiger partial charge on any atom is 0.123 e. The SMILES string of the molecule is C=C(c1cncc2ccccc12)N1CCN(C(c2ccccc2)c2cccc(F)c2)[C@H](CC=O)C1. The Bertz CT molecular complexity index is 1330. The number of carbonyl (C=O) groups excluding carboxylic acids is 1. The highest BCUT2D eigenvalue weighted by Gasteiger charge is 2.34. The molecule has 1 aromatic heterocycles. The zero-order valence-corrected chi connectivity index (χ0v) is 19.6. The van der Waals surface area contributed by atoms with Gasteiger partial charge in [-0.1, -0.05) is 73.3 Å². The molecule has 0 aliphatic carbocycles. The van der Waals surface area contributed by atoms with Gasteiger partial charge in [0.1, 0.15) is 12.1 Å². The topological polar surface area (TPSA) is 36.4 Å². The summed E-state index contributed by atoms with van der Waals surface area (Å²) < 4.78 is 14.2. The van der Waals surface area contributed by atoms with E-state index in [9.17, 15) is 9.18 Å². The van der Waals surface area contributed by atoms with Crippen molar-refractivity contribution < 1.29 is 9.18 Å². The Labute approximate surface area is 205 Å². The molecular weight excluding hydrogens is 437 g/mol. The molecule has 0 amide bonds. The van der Waals surface area contributed by atoms with E-state index in [1.807, 2.05) is 48.8 Å². The van der Waals surface area contributed by atoms with Crippen molar-refractivity contribution in [3.63, 3.8) is 0 Å². The number of nitrogens with zero attached hydrogens (tertiary/aromatic N) is 3. The van der Waals surface area contributed by atoms with Crippen molar-refractivity contribution in [2.75, 3.05) is 19.6 Å². The third-order valence-electron chi connectivity index (χ3n) is 6.87. The van der Waals surface area contributed by atoms with Gasteiger partial charge < -0.3 is 9.69 Å². The first kappa shape index (κ1) is 22.9. The van der Waals surface area contributed by atoms with E-state index in [0.29, 0.717) is 19.5 Å². The number of hydrogen-bond donors (Lipinski definition) is 0. The van der Waals surface area contributed by atoms with Crippen LogP contribution in [-0.2, 0) is 4.79 Å². The minimum Gasteiger partial charge on any atom is -0.369 e. The number of rotatable bonds is 7. The monoisotopic (exact) mass is 465 g/mol. The van der Waals surface area contributed by atoms with Crippen LogP contribution in [0.1, 0.15) is 29.2 Å². The third-order valence-corrected chi connectivity index (χ3v) is 6.87. The fourth-order valence-electron chi connectivity index (χ4n) is 5.18. The molecule has 3 aromatic carbocycles. The van der Waals surface area contributed by atoms with Crippen LogP contribution < -0.4 is 0 Å². The van der Waals surface area contributed by atoms with Crippen molar-refractivity contribution in [1.82, 2.24) is 14.8 Å². The molecule has 5 rings (SSSR count). The molecule has 0 N–H and O–H groups in total. The smallest absolute Gasteiger partial charge is 0.123 e. The lowest BCUT2D eigenvalue weighted by Crippen LogP contribution is -2.53. The predicted molar refractivity (Wildman–Crippen MR) is 138 cm³/mol. The average Bonchev–Trinajstić information content (AvgIpc) is 2.90. The summed E-state index contributed by atoms with van der Waals surface area (Å²) in [5.74, 6) is -0.258. The average molecular weight is 466 g/mol. The standard InChI is InChI=1S/C30H28FN3O/c1-22(29-20-32-19-25-10-5-6-13-28(25)29)33-15-16-34(27(21-33)14-17-35)30(23-8-3-2-4-9-23)24-11-7-12-26(31)18-24/h2-13,17-20,27,30H,1,14-16,21H2/t27-,30?/m1/s1. The number of fused-ring (bicyclic) bond motifs is 1. The van der Waals surface area contributed by atoms with E-state index in [0.717, 1.165) is 46.0 Å². The molecule has 4 aromatic rings. The van der Waals surface area contributed by atoms with Gasteiger partial charge in [-0.2, -0.15) is 0 Å². The van der Waals surface area contributed by atoms with Gasteiger partial charge in [0.05, 0.1) is 6.04 Å². The van der Waals surface area contributed by atoms with Gasteiger partial charge >= 0.3 is 0 Å². The van der Waals surface area contributed by atoms with Gasteiger partial charge in [0.2, 0.25) is 0 Å². The summed E-state index contributed by atoms with van der Waals surface area (Å²) >= 11 is 0. The second kappa shape index (κ2) is 10.2. The minimum absolute atomic E-state index is 0.0468. The van der Waals surface area contributed by atoms with Crippen LogP contribution >= 0.6 is 0 Å². The molecule has 0 bridgehead atoms. The van der Waals surface area contributed by atoms with E-state index >= 15 is 0 Å². The Morgan fingerprint density at radius 3 is 2.57 bits per heavy atom. The third kappa shape index (κ3) is 4.73. The Morgan fingerprint density at radius 1 is 1.00 bits per heavy atom. The summed E-state index contributed by atoms with van der Waals surface area (Å²) in [5.41, 5.74) is 3.88. The van der Waals surface area contributed by atoms with Gasteiger partial charge in [0.15, 0.2) is 0 Å². The minimum atomic E-state index is -0.258. The van der Waals surface area contributed by atoms with E-state index in [4.69, 9.17) is 0 Å². The van der Waals surface area contributed by atoms with Gasteiger partial charge in [-0.3, -0.25) is 9.88 Å². The van der Waals surface area contributed by atoms with E-state index in [-0.39, 0.29) is 17.9 Å². The van der Waals surface area contributed by atoms with Crippen LogP contribution in [0.2, 0.25) is 0 Å². The van der Waals surface area contributed by atoms with Crippen molar-refractivity contribution in [3.05, 3.63) is 120 Å². The highest BCUT2D eigenvalue weighted by molar-refractivity contribution is 5.92. The maximum atomic E-state index is 14.2. The molecule has 1 aliphatic heterocycles.